The summed E-state index contributed by atoms with van der Waals surface area (Å²) >= 11 is 12.2. The molecule has 0 radical (unpaired) electrons. The van der Waals surface area contributed by atoms with E-state index in [0.29, 0.717) is 12.3 Å². The molecule has 2 aromatic rings. The van der Waals surface area contributed by atoms with E-state index in [0.717, 1.165) is 11.3 Å². The number of aliphatic imine (C=N–C) groups is 1. The summed E-state index contributed by atoms with van der Waals surface area (Å²) in [7, 11) is 0. The van der Waals surface area contributed by atoms with Gasteiger partial charge in [0.05, 0.1) is 11.1 Å². The number of carboxylic acids is 1. The molecule has 0 saturated heterocycles. The summed E-state index contributed by atoms with van der Waals surface area (Å²) in [5.41, 5.74) is -3.37. The lowest BCUT2D eigenvalue weighted by Crippen LogP contribution is -2.13. The molecule has 0 aliphatic carbocycles. The first kappa shape index (κ1) is 19.2. The first-order valence-electron chi connectivity index (χ1n) is 6.15. The second-order valence-electron chi connectivity index (χ2n) is 4.30. The minimum absolute atomic E-state index is 0.142. The summed E-state index contributed by atoms with van der Waals surface area (Å²) in [5, 5.41) is 19.6. The Kier molecular flexibility index (Phi) is 5.65. The minimum atomic E-state index is -4.96. The van der Waals surface area contributed by atoms with Gasteiger partial charge in [-0.05, 0) is 6.07 Å². The molecule has 25 heavy (non-hydrogen) atoms. The molecule has 2 heterocycles. The molecular weight excluding hydrogens is 406 g/mol. The van der Waals surface area contributed by atoms with Crippen LogP contribution in [-0.4, -0.2) is 32.4 Å². The molecule has 132 valence electrons. The van der Waals surface area contributed by atoms with Crippen LogP contribution in [0.25, 0.3) is 5.76 Å². The van der Waals surface area contributed by atoms with Gasteiger partial charge in [-0.15, -0.1) is 11.3 Å². The maximum Gasteiger partial charge on any atom is 0.417 e. The van der Waals surface area contributed by atoms with Gasteiger partial charge in [-0.25, -0.2) is 19.8 Å². The molecule has 0 fully saturated rings. The van der Waals surface area contributed by atoms with Crippen molar-refractivity contribution in [1.82, 2.24) is 9.97 Å². The molecule has 0 unspecified atom stereocenters. The molecule has 2 rings (SSSR count). The smallest absolute Gasteiger partial charge is 0.417 e. The number of carbonyl (C=O) groups is 1. The van der Waals surface area contributed by atoms with Gasteiger partial charge in [0.15, 0.2) is 0 Å². The number of carboxylic acid groups (broad SMARTS) is 1. The van der Waals surface area contributed by atoms with Crippen molar-refractivity contribution in [3.05, 3.63) is 44.6 Å². The van der Waals surface area contributed by atoms with Crippen LogP contribution >= 0.6 is 34.5 Å². The van der Waals surface area contributed by atoms with Crippen molar-refractivity contribution >= 4 is 57.6 Å². The highest BCUT2D eigenvalue weighted by molar-refractivity contribution is 7.13. The van der Waals surface area contributed by atoms with E-state index in [9.17, 15) is 28.2 Å². The largest absolute Gasteiger partial charge is 0.506 e. The first-order chi connectivity index (χ1) is 11.6. The van der Waals surface area contributed by atoms with Crippen LogP contribution in [0.15, 0.2) is 28.2 Å². The van der Waals surface area contributed by atoms with E-state index < -0.39 is 44.9 Å². The van der Waals surface area contributed by atoms with E-state index in [1.807, 2.05) is 0 Å². The van der Waals surface area contributed by atoms with Crippen molar-refractivity contribution in [3.8, 4) is 0 Å². The Balaban J connectivity index is 2.68. The van der Waals surface area contributed by atoms with Crippen LogP contribution in [0.4, 0.5) is 18.3 Å². The van der Waals surface area contributed by atoms with Gasteiger partial charge in [0.1, 0.15) is 21.6 Å². The van der Waals surface area contributed by atoms with Crippen LogP contribution in [0.3, 0.4) is 0 Å². The Bertz CT molecular complexity index is 867. The third-order valence-corrected chi connectivity index (χ3v) is 3.84. The lowest BCUT2D eigenvalue weighted by Gasteiger charge is -2.14. The standard InChI is InChI=1S/C13H6Cl2F3N3O3S/c14-7-3-6(13(16,17)18)8(10(15)21-7)9(22)5(11(23)24)4-20-12-19-1-2-25-12/h1-4,22H,(H,23,24)/b9-5-,20-4+. The van der Waals surface area contributed by atoms with E-state index in [1.165, 1.54) is 6.20 Å². The SMILES string of the molecule is O=C(O)C(/C=N/c1nccs1)=C(\O)c1c(C(F)(F)F)cc(Cl)nc1Cl. The number of thiazole rings is 1. The Morgan fingerprint density at radius 2 is 2.00 bits per heavy atom. The molecule has 0 aliphatic rings. The van der Waals surface area contributed by atoms with Gasteiger partial charge in [0.2, 0.25) is 5.13 Å². The summed E-state index contributed by atoms with van der Waals surface area (Å²) in [4.78, 5) is 22.2. The van der Waals surface area contributed by atoms with Crippen molar-refractivity contribution < 1.29 is 28.2 Å². The summed E-state index contributed by atoms with van der Waals surface area (Å²) in [6.45, 7) is 0. The minimum Gasteiger partial charge on any atom is -0.506 e. The Morgan fingerprint density at radius 3 is 2.52 bits per heavy atom. The highest BCUT2D eigenvalue weighted by atomic mass is 35.5. The zero-order chi connectivity index (χ0) is 18.8. The molecule has 0 saturated carbocycles. The number of aliphatic hydroxyl groups is 1. The fourth-order valence-corrected chi connectivity index (χ4v) is 2.68. The topological polar surface area (TPSA) is 95.7 Å². The van der Waals surface area contributed by atoms with E-state index >= 15 is 0 Å². The Morgan fingerprint density at radius 1 is 1.32 bits per heavy atom. The predicted octanol–water partition coefficient (Wildman–Crippen LogP) is 4.62. The summed E-state index contributed by atoms with van der Waals surface area (Å²) in [6.07, 6.45) is -2.90. The summed E-state index contributed by atoms with van der Waals surface area (Å²) in [6, 6.07) is 0.427. The Labute approximate surface area is 151 Å². The van der Waals surface area contributed by atoms with Gasteiger partial charge in [-0.3, -0.25) is 0 Å². The van der Waals surface area contributed by atoms with Gasteiger partial charge in [0.25, 0.3) is 0 Å². The van der Waals surface area contributed by atoms with E-state index in [-0.39, 0.29) is 5.13 Å². The number of aromatic nitrogens is 2. The van der Waals surface area contributed by atoms with Crippen LogP contribution in [-0.2, 0) is 11.0 Å². The zero-order valence-electron chi connectivity index (χ0n) is 11.8. The second kappa shape index (κ2) is 7.38. The number of aliphatic carboxylic acids is 1. The molecular formula is C13H6Cl2F3N3O3S. The number of pyridine rings is 1. The van der Waals surface area contributed by atoms with Gasteiger partial charge >= 0.3 is 12.1 Å². The molecule has 0 atom stereocenters. The predicted molar refractivity (Wildman–Crippen MR) is 86.7 cm³/mol. The number of hydrogen-bond donors (Lipinski definition) is 2. The van der Waals surface area contributed by atoms with Crippen LogP contribution < -0.4 is 0 Å². The lowest BCUT2D eigenvalue weighted by molar-refractivity contribution is -0.138. The number of nitrogens with zero attached hydrogens (tertiary/aromatic N) is 3. The zero-order valence-corrected chi connectivity index (χ0v) is 14.1. The Hall–Kier alpha value is -2.17. The highest BCUT2D eigenvalue weighted by Gasteiger charge is 2.37. The van der Waals surface area contributed by atoms with Crippen molar-refractivity contribution in [2.24, 2.45) is 4.99 Å². The molecule has 0 spiro atoms. The normalized spacial score (nSPS) is 13.2. The number of aliphatic hydroxyl groups excluding tert-OH is 1. The van der Waals surface area contributed by atoms with Crippen molar-refractivity contribution in [3.63, 3.8) is 0 Å². The summed E-state index contributed by atoms with van der Waals surface area (Å²) in [5.74, 6) is -2.98. The molecule has 0 aromatic carbocycles. The number of rotatable bonds is 4. The third-order valence-electron chi connectivity index (χ3n) is 2.70. The van der Waals surface area contributed by atoms with Gasteiger partial charge < -0.3 is 10.2 Å². The van der Waals surface area contributed by atoms with E-state index in [1.54, 1.807) is 5.38 Å². The fraction of sp³-hybridized carbons (Fsp3) is 0.0769. The molecule has 0 aliphatic heterocycles. The maximum absolute atomic E-state index is 13.2. The molecule has 6 nitrogen and oxygen atoms in total. The highest BCUT2D eigenvalue weighted by Crippen LogP contribution is 2.39. The van der Waals surface area contributed by atoms with E-state index in [4.69, 9.17) is 23.2 Å². The average molecular weight is 412 g/mol. The molecule has 12 heteroatoms. The number of halogens is 5. The monoisotopic (exact) mass is 411 g/mol. The number of hydrogen-bond acceptors (Lipinski definition) is 6. The van der Waals surface area contributed by atoms with Gasteiger partial charge in [0, 0.05) is 17.8 Å². The quantitative estimate of drug-likeness (QED) is 0.331. The molecule has 0 bridgehead atoms. The van der Waals surface area contributed by atoms with Crippen LogP contribution in [0.5, 0.6) is 0 Å². The first-order valence-corrected chi connectivity index (χ1v) is 7.78. The maximum atomic E-state index is 13.2. The van der Waals surface area contributed by atoms with Crippen molar-refractivity contribution in [2.75, 3.05) is 0 Å². The second-order valence-corrected chi connectivity index (χ2v) is 5.91. The number of alkyl halides is 3. The average Bonchev–Trinajstić information content (AvgIpc) is 2.98. The molecule has 2 aromatic heterocycles. The van der Waals surface area contributed by atoms with Crippen molar-refractivity contribution in [2.45, 2.75) is 6.18 Å². The molecule has 0 amide bonds. The molecule has 2 N–H and O–H groups in total. The lowest BCUT2D eigenvalue weighted by atomic mass is 10.0. The third kappa shape index (κ3) is 4.47. The van der Waals surface area contributed by atoms with Gasteiger partial charge in [-0.1, -0.05) is 23.2 Å². The van der Waals surface area contributed by atoms with Crippen LogP contribution in [0.2, 0.25) is 10.3 Å². The van der Waals surface area contributed by atoms with E-state index in [2.05, 4.69) is 15.0 Å². The van der Waals surface area contributed by atoms with Crippen LogP contribution in [0, 0.1) is 0 Å². The van der Waals surface area contributed by atoms with Crippen molar-refractivity contribution in [1.29, 1.82) is 0 Å². The fourth-order valence-electron chi connectivity index (χ4n) is 1.68. The summed E-state index contributed by atoms with van der Waals surface area (Å²) < 4.78 is 39.5. The van der Waals surface area contributed by atoms with Gasteiger partial charge in [-0.2, -0.15) is 13.2 Å². The van der Waals surface area contributed by atoms with Crippen LogP contribution in [0.1, 0.15) is 11.1 Å².